The lowest BCUT2D eigenvalue weighted by Crippen LogP contribution is -1.96. The van der Waals surface area contributed by atoms with Crippen LogP contribution in [0.3, 0.4) is 0 Å². The van der Waals surface area contributed by atoms with Gasteiger partial charge < -0.3 is 0 Å². The molecule has 0 spiro atoms. The van der Waals surface area contributed by atoms with Crippen LogP contribution in [0.2, 0.25) is 0 Å². The highest BCUT2D eigenvalue weighted by Gasteiger charge is 2.15. The minimum absolute atomic E-state index is 0.707. The van der Waals surface area contributed by atoms with E-state index in [0.717, 1.165) is 67.3 Å². The van der Waals surface area contributed by atoms with E-state index in [4.69, 9.17) is 19.9 Å². The second-order valence-electron chi connectivity index (χ2n) is 15.9. The lowest BCUT2D eigenvalue weighted by molar-refractivity contribution is 1.18. The van der Waals surface area contributed by atoms with E-state index >= 15 is 0 Å². The van der Waals surface area contributed by atoms with E-state index in [9.17, 15) is 0 Å². The van der Waals surface area contributed by atoms with Crippen molar-refractivity contribution >= 4 is 21.5 Å². The normalized spacial score (nSPS) is 11.3. The number of nitrogens with zero attached hydrogens (tertiary/aromatic N) is 4. The quantitative estimate of drug-likeness (QED) is 0.153. The van der Waals surface area contributed by atoms with Gasteiger partial charge in [0.1, 0.15) is 0 Å². The molecule has 0 N–H and O–H groups in total. The Morgan fingerprint density at radius 2 is 0.651 bits per heavy atom. The van der Waals surface area contributed by atoms with Crippen LogP contribution in [-0.4, -0.2) is 19.9 Å². The van der Waals surface area contributed by atoms with Gasteiger partial charge in [0.2, 0.25) is 0 Å². The van der Waals surface area contributed by atoms with Crippen molar-refractivity contribution in [1.82, 2.24) is 19.9 Å². The summed E-state index contributed by atoms with van der Waals surface area (Å²) in [6.07, 6.45) is 0. The molecule has 4 nitrogen and oxygen atoms in total. The monoisotopic (exact) mass is 804 g/mol. The van der Waals surface area contributed by atoms with E-state index in [1.54, 1.807) is 0 Å². The van der Waals surface area contributed by atoms with Gasteiger partial charge in [0, 0.05) is 33.4 Å². The van der Waals surface area contributed by atoms with E-state index in [1.807, 2.05) is 36.4 Å². The highest BCUT2D eigenvalue weighted by molar-refractivity contribution is 5.97. The molecule has 11 rings (SSSR count). The summed E-state index contributed by atoms with van der Waals surface area (Å²) in [7, 11) is 0. The first-order chi connectivity index (χ1) is 31.1. The largest absolute Gasteiger partial charge is 0.228 e. The van der Waals surface area contributed by atoms with Gasteiger partial charge >= 0.3 is 0 Å². The van der Waals surface area contributed by atoms with E-state index in [-0.39, 0.29) is 0 Å². The fourth-order valence-corrected chi connectivity index (χ4v) is 8.62. The molecule has 11 aromatic rings. The second-order valence-corrected chi connectivity index (χ2v) is 15.9. The molecular weight excluding hydrogens is 765 g/mol. The first-order valence-electron chi connectivity index (χ1n) is 21.3. The van der Waals surface area contributed by atoms with Crippen LogP contribution < -0.4 is 0 Å². The van der Waals surface area contributed by atoms with Crippen molar-refractivity contribution in [3.05, 3.63) is 230 Å². The summed E-state index contributed by atoms with van der Waals surface area (Å²) >= 11 is 0. The summed E-state index contributed by atoms with van der Waals surface area (Å²) in [5.41, 5.74) is 15.7. The second kappa shape index (κ2) is 16.3. The van der Waals surface area contributed by atoms with Crippen LogP contribution in [0.5, 0.6) is 0 Å². The fraction of sp³-hybridized carbons (Fsp3) is 0.0169. The van der Waals surface area contributed by atoms with Crippen LogP contribution in [0.1, 0.15) is 5.56 Å². The molecule has 0 amide bonds. The molecule has 0 aliphatic carbocycles. The topological polar surface area (TPSA) is 51.6 Å². The van der Waals surface area contributed by atoms with Crippen LogP contribution in [0.25, 0.3) is 112 Å². The molecule has 0 saturated heterocycles. The van der Waals surface area contributed by atoms with Gasteiger partial charge in [-0.15, -0.1) is 0 Å². The summed E-state index contributed by atoms with van der Waals surface area (Å²) in [4.78, 5) is 20.4. The van der Waals surface area contributed by atoms with E-state index in [0.29, 0.717) is 11.6 Å². The van der Waals surface area contributed by atoms with Gasteiger partial charge in [-0.05, 0) is 68.4 Å². The number of hydrogen-bond donors (Lipinski definition) is 0. The molecule has 2 aromatic heterocycles. The first kappa shape index (κ1) is 37.6. The van der Waals surface area contributed by atoms with Crippen molar-refractivity contribution in [3.8, 4) is 90.1 Å². The van der Waals surface area contributed by atoms with Crippen molar-refractivity contribution in [2.45, 2.75) is 6.92 Å². The summed E-state index contributed by atoms with van der Waals surface area (Å²) in [6.45, 7) is 2.19. The Morgan fingerprint density at radius 3 is 1.14 bits per heavy atom. The molecule has 4 heteroatoms. The Balaban J connectivity index is 0.892. The smallest absolute Gasteiger partial charge is 0.160 e. The van der Waals surface area contributed by atoms with Crippen molar-refractivity contribution in [3.63, 3.8) is 0 Å². The Morgan fingerprint density at radius 1 is 0.254 bits per heavy atom. The van der Waals surface area contributed by atoms with E-state index in [1.165, 1.54) is 38.2 Å². The van der Waals surface area contributed by atoms with Crippen molar-refractivity contribution in [1.29, 1.82) is 0 Å². The Hall–Kier alpha value is -8.34. The number of aryl methyl sites for hydroxylation is 1. The third-order valence-electron chi connectivity index (χ3n) is 11.9. The molecule has 0 fully saturated rings. The van der Waals surface area contributed by atoms with Gasteiger partial charge in [-0.2, -0.15) is 0 Å². The lowest BCUT2D eigenvalue weighted by atomic mass is 9.94. The molecule has 2 heterocycles. The maximum absolute atomic E-state index is 5.10. The van der Waals surface area contributed by atoms with Crippen LogP contribution in [0.15, 0.2) is 224 Å². The van der Waals surface area contributed by atoms with Gasteiger partial charge in [0.05, 0.1) is 22.8 Å². The zero-order chi connectivity index (χ0) is 42.1. The average Bonchev–Trinajstić information content (AvgIpc) is 3.36. The number of aromatic nitrogens is 4. The Kier molecular flexibility index (Phi) is 9.72. The molecule has 0 unspecified atom stereocenters. The minimum Gasteiger partial charge on any atom is -0.228 e. The highest BCUT2D eigenvalue weighted by Crippen LogP contribution is 2.36. The SMILES string of the molecule is Cc1cc(-c2ccc(-c3cc(-c4cccc5ccccc45)nc(-c4ccccc4)n3)cc2)ccc1-c1ccc(-c2cc(-c3cccc4ccccc34)nc(-c3ccccc3)n2)cc1. The maximum atomic E-state index is 5.10. The van der Waals surface area contributed by atoms with Gasteiger partial charge in [0.15, 0.2) is 11.6 Å². The van der Waals surface area contributed by atoms with Crippen LogP contribution in [0.4, 0.5) is 0 Å². The average molecular weight is 805 g/mol. The fourth-order valence-electron chi connectivity index (χ4n) is 8.62. The molecule has 0 saturated carbocycles. The minimum atomic E-state index is 0.707. The zero-order valence-electron chi connectivity index (χ0n) is 34.7. The predicted octanol–water partition coefficient (Wildman–Crippen LogP) is 15.2. The van der Waals surface area contributed by atoms with Gasteiger partial charge in [0.25, 0.3) is 0 Å². The van der Waals surface area contributed by atoms with Crippen molar-refractivity contribution in [2.75, 3.05) is 0 Å². The van der Waals surface area contributed by atoms with Crippen molar-refractivity contribution < 1.29 is 0 Å². The molecule has 63 heavy (non-hydrogen) atoms. The molecule has 0 aliphatic heterocycles. The number of hydrogen-bond acceptors (Lipinski definition) is 4. The molecule has 0 radical (unpaired) electrons. The number of rotatable bonds is 8. The molecule has 0 aliphatic rings. The number of benzene rings is 9. The van der Waals surface area contributed by atoms with Crippen LogP contribution in [0, 0.1) is 6.92 Å². The van der Waals surface area contributed by atoms with Gasteiger partial charge in [-0.3, -0.25) is 0 Å². The summed E-state index contributed by atoms with van der Waals surface area (Å²) in [5.74, 6) is 1.42. The van der Waals surface area contributed by atoms with E-state index < -0.39 is 0 Å². The summed E-state index contributed by atoms with van der Waals surface area (Å²) in [5, 5.41) is 4.71. The summed E-state index contributed by atoms with van der Waals surface area (Å²) in [6, 6.07) is 78.6. The molecule has 0 bridgehead atoms. The van der Waals surface area contributed by atoms with Gasteiger partial charge in [-0.25, -0.2) is 19.9 Å². The van der Waals surface area contributed by atoms with Crippen LogP contribution >= 0.6 is 0 Å². The standard InChI is InChI=1S/C59H40N4/c1-39-36-48(40-26-30-44(31-27-40)54-37-56(62-58(60-54)46-16-4-2-5-17-46)52-24-12-20-41-14-8-10-22-50(41)52)34-35-49(39)43-28-32-45(33-29-43)55-38-57(63-59(61-55)47-18-6-3-7-19-47)53-25-13-21-42-15-9-11-23-51(42)53/h2-38H,1H3. The predicted molar refractivity (Wildman–Crippen MR) is 261 cm³/mol. The highest BCUT2D eigenvalue weighted by atomic mass is 14.9. The zero-order valence-corrected chi connectivity index (χ0v) is 34.7. The summed E-state index contributed by atoms with van der Waals surface area (Å²) < 4.78 is 0. The van der Waals surface area contributed by atoms with Crippen LogP contribution in [-0.2, 0) is 0 Å². The third kappa shape index (κ3) is 7.45. The Labute approximate surface area is 366 Å². The lowest BCUT2D eigenvalue weighted by Gasteiger charge is -2.13. The number of fused-ring (bicyclic) bond motifs is 2. The molecule has 9 aromatic carbocycles. The van der Waals surface area contributed by atoms with Crippen molar-refractivity contribution in [2.24, 2.45) is 0 Å². The Bertz CT molecular complexity index is 3420. The molecular formula is C59H40N4. The van der Waals surface area contributed by atoms with Gasteiger partial charge in [-0.1, -0.05) is 212 Å². The molecule has 0 atom stereocenters. The molecule has 296 valence electrons. The first-order valence-corrected chi connectivity index (χ1v) is 21.3. The van der Waals surface area contributed by atoms with E-state index in [2.05, 4.69) is 195 Å². The third-order valence-corrected chi connectivity index (χ3v) is 11.9. The maximum Gasteiger partial charge on any atom is 0.160 e.